The second-order valence-corrected chi connectivity index (χ2v) is 5.25. The molecule has 0 spiro atoms. The van der Waals surface area contributed by atoms with Crippen molar-refractivity contribution in [3.63, 3.8) is 0 Å². The molecule has 0 aliphatic rings. The summed E-state index contributed by atoms with van der Waals surface area (Å²) in [6.07, 6.45) is -4.73. The van der Waals surface area contributed by atoms with Crippen molar-refractivity contribution in [3.05, 3.63) is 52.3 Å². The van der Waals surface area contributed by atoms with Crippen LogP contribution in [0.4, 0.5) is 13.2 Å². The molecule has 1 N–H and O–H groups in total. The quantitative estimate of drug-likeness (QED) is 0.848. The van der Waals surface area contributed by atoms with Crippen molar-refractivity contribution in [1.29, 1.82) is 0 Å². The number of alkyl halides is 3. The Kier molecular flexibility index (Phi) is 4.82. The molecule has 0 atom stereocenters. The third kappa shape index (κ3) is 3.33. The SMILES string of the molecule is COC(=O)c1c(C)nc(C)c(C(=O)O)c1-c1ccccc1C(F)(F)F. The van der Waals surface area contributed by atoms with Gasteiger partial charge in [0.1, 0.15) is 0 Å². The number of hydrogen-bond donors (Lipinski definition) is 1. The molecule has 0 fully saturated rings. The van der Waals surface area contributed by atoms with Gasteiger partial charge in [0.15, 0.2) is 0 Å². The van der Waals surface area contributed by atoms with Gasteiger partial charge in [0.05, 0.1) is 35.2 Å². The first kappa shape index (κ1) is 18.4. The number of carbonyl (C=O) groups is 2. The number of methoxy groups -OCH3 is 1. The monoisotopic (exact) mass is 353 g/mol. The molecule has 1 aromatic carbocycles. The summed E-state index contributed by atoms with van der Waals surface area (Å²) in [5.74, 6) is -2.44. The first-order valence-electron chi connectivity index (χ1n) is 7.09. The van der Waals surface area contributed by atoms with E-state index in [1.807, 2.05) is 0 Å². The van der Waals surface area contributed by atoms with Gasteiger partial charge < -0.3 is 9.84 Å². The molecular formula is C17H14F3NO4. The van der Waals surface area contributed by atoms with Gasteiger partial charge in [0, 0.05) is 5.56 Å². The van der Waals surface area contributed by atoms with E-state index in [4.69, 9.17) is 0 Å². The van der Waals surface area contributed by atoms with Crippen molar-refractivity contribution in [3.8, 4) is 11.1 Å². The number of esters is 1. The molecule has 1 heterocycles. The Morgan fingerprint density at radius 1 is 1.08 bits per heavy atom. The van der Waals surface area contributed by atoms with E-state index < -0.39 is 34.8 Å². The van der Waals surface area contributed by atoms with Crippen LogP contribution in [0.5, 0.6) is 0 Å². The van der Waals surface area contributed by atoms with E-state index in [-0.39, 0.29) is 22.5 Å². The van der Waals surface area contributed by atoms with Crippen molar-refractivity contribution >= 4 is 11.9 Å². The molecular weight excluding hydrogens is 339 g/mol. The van der Waals surface area contributed by atoms with Crippen LogP contribution in [0.25, 0.3) is 11.1 Å². The molecule has 0 bridgehead atoms. The second kappa shape index (κ2) is 6.54. The van der Waals surface area contributed by atoms with Crippen molar-refractivity contribution < 1.29 is 32.6 Å². The number of rotatable bonds is 3. The van der Waals surface area contributed by atoms with Gasteiger partial charge in [-0.1, -0.05) is 18.2 Å². The Hall–Kier alpha value is -2.90. The Morgan fingerprint density at radius 3 is 2.16 bits per heavy atom. The number of carboxylic acids is 1. The van der Waals surface area contributed by atoms with Crippen LogP contribution >= 0.6 is 0 Å². The summed E-state index contributed by atoms with van der Waals surface area (Å²) >= 11 is 0. The zero-order chi connectivity index (χ0) is 18.9. The number of pyridine rings is 1. The van der Waals surface area contributed by atoms with Gasteiger partial charge in [-0.05, 0) is 25.5 Å². The molecule has 2 rings (SSSR count). The summed E-state index contributed by atoms with van der Waals surface area (Å²) in [5, 5.41) is 9.50. The highest BCUT2D eigenvalue weighted by Crippen LogP contribution is 2.40. The van der Waals surface area contributed by atoms with E-state index in [1.165, 1.54) is 26.0 Å². The summed E-state index contributed by atoms with van der Waals surface area (Å²) in [4.78, 5) is 27.8. The number of halogens is 3. The molecule has 25 heavy (non-hydrogen) atoms. The zero-order valence-corrected chi connectivity index (χ0v) is 13.6. The molecule has 1 aromatic heterocycles. The fourth-order valence-corrected chi connectivity index (χ4v) is 2.68. The number of carbonyl (C=O) groups excluding carboxylic acids is 1. The normalized spacial score (nSPS) is 11.3. The predicted octanol–water partition coefficient (Wildman–Crippen LogP) is 3.87. The summed E-state index contributed by atoms with van der Waals surface area (Å²) in [7, 11) is 1.06. The molecule has 0 radical (unpaired) electrons. The number of benzene rings is 1. The molecule has 0 saturated heterocycles. The summed E-state index contributed by atoms with van der Waals surface area (Å²) < 4.78 is 44.8. The van der Waals surface area contributed by atoms with E-state index in [0.717, 1.165) is 19.2 Å². The maximum absolute atomic E-state index is 13.4. The van der Waals surface area contributed by atoms with Gasteiger partial charge >= 0.3 is 18.1 Å². The van der Waals surface area contributed by atoms with Crippen LogP contribution in [-0.4, -0.2) is 29.1 Å². The molecule has 5 nitrogen and oxygen atoms in total. The van der Waals surface area contributed by atoms with Gasteiger partial charge in [0.2, 0.25) is 0 Å². The van der Waals surface area contributed by atoms with Crippen LogP contribution in [0.1, 0.15) is 37.7 Å². The second-order valence-electron chi connectivity index (χ2n) is 5.25. The first-order chi connectivity index (χ1) is 11.6. The van der Waals surface area contributed by atoms with Crippen LogP contribution in [0, 0.1) is 13.8 Å². The van der Waals surface area contributed by atoms with E-state index in [2.05, 4.69) is 9.72 Å². The van der Waals surface area contributed by atoms with Gasteiger partial charge in [0.25, 0.3) is 0 Å². The lowest BCUT2D eigenvalue weighted by atomic mass is 9.89. The molecule has 0 aliphatic heterocycles. The van der Waals surface area contributed by atoms with Crippen molar-refractivity contribution in [2.75, 3.05) is 7.11 Å². The lowest BCUT2D eigenvalue weighted by Crippen LogP contribution is -2.17. The summed E-state index contributed by atoms with van der Waals surface area (Å²) in [6, 6.07) is 4.47. The Labute approximate surface area is 141 Å². The van der Waals surface area contributed by atoms with Crippen LogP contribution in [-0.2, 0) is 10.9 Å². The smallest absolute Gasteiger partial charge is 0.417 e. The number of aryl methyl sites for hydroxylation is 2. The minimum Gasteiger partial charge on any atom is -0.478 e. The van der Waals surface area contributed by atoms with Crippen molar-refractivity contribution in [1.82, 2.24) is 4.98 Å². The molecule has 8 heteroatoms. The highest BCUT2D eigenvalue weighted by atomic mass is 19.4. The predicted molar refractivity (Wildman–Crippen MR) is 82.4 cm³/mol. The highest BCUT2D eigenvalue weighted by molar-refractivity contribution is 6.07. The number of carboxylic acid groups (broad SMARTS) is 1. The average Bonchev–Trinajstić information content (AvgIpc) is 2.52. The Bertz CT molecular complexity index is 860. The highest BCUT2D eigenvalue weighted by Gasteiger charge is 2.36. The number of ether oxygens (including phenoxy) is 1. The number of aromatic nitrogens is 1. The standard InChI is InChI=1S/C17H14F3NO4/c1-8-12(15(22)23)14(13(9(2)21-8)16(24)25-3)10-6-4-5-7-11(10)17(18,19)20/h4-7H,1-3H3,(H,22,23). The minimum atomic E-state index is -4.73. The molecule has 2 aromatic rings. The Morgan fingerprint density at radius 2 is 1.64 bits per heavy atom. The van der Waals surface area contributed by atoms with Gasteiger partial charge in [-0.2, -0.15) is 13.2 Å². The van der Waals surface area contributed by atoms with Crippen LogP contribution in [0.3, 0.4) is 0 Å². The summed E-state index contributed by atoms with van der Waals surface area (Å²) in [6.45, 7) is 2.77. The fraction of sp³-hybridized carbons (Fsp3) is 0.235. The lowest BCUT2D eigenvalue weighted by molar-refractivity contribution is -0.137. The minimum absolute atomic E-state index is 0.00429. The molecule has 0 unspecified atom stereocenters. The lowest BCUT2D eigenvalue weighted by Gasteiger charge is -2.19. The van der Waals surface area contributed by atoms with Crippen molar-refractivity contribution in [2.45, 2.75) is 20.0 Å². The largest absolute Gasteiger partial charge is 0.478 e. The van der Waals surface area contributed by atoms with Crippen LogP contribution < -0.4 is 0 Å². The Balaban J connectivity index is 3.04. The number of nitrogens with zero attached hydrogens (tertiary/aromatic N) is 1. The number of hydrogen-bond acceptors (Lipinski definition) is 4. The van der Waals surface area contributed by atoms with E-state index in [9.17, 15) is 27.9 Å². The van der Waals surface area contributed by atoms with E-state index >= 15 is 0 Å². The zero-order valence-electron chi connectivity index (χ0n) is 13.6. The van der Waals surface area contributed by atoms with Gasteiger partial charge in [-0.3, -0.25) is 4.98 Å². The first-order valence-corrected chi connectivity index (χ1v) is 7.09. The van der Waals surface area contributed by atoms with Crippen LogP contribution in [0.2, 0.25) is 0 Å². The summed E-state index contributed by atoms with van der Waals surface area (Å²) in [5.41, 5.74) is -2.50. The fourth-order valence-electron chi connectivity index (χ4n) is 2.68. The maximum Gasteiger partial charge on any atom is 0.417 e. The average molecular weight is 353 g/mol. The van der Waals surface area contributed by atoms with Gasteiger partial charge in [-0.25, -0.2) is 9.59 Å². The van der Waals surface area contributed by atoms with Crippen LogP contribution in [0.15, 0.2) is 24.3 Å². The van der Waals surface area contributed by atoms with E-state index in [1.54, 1.807) is 0 Å². The number of aromatic carboxylic acids is 1. The topological polar surface area (TPSA) is 76.5 Å². The van der Waals surface area contributed by atoms with Gasteiger partial charge in [-0.15, -0.1) is 0 Å². The third-order valence-electron chi connectivity index (χ3n) is 3.66. The molecule has 0 saturated carbocycles. The van der Waals surface area contributed by atoms with Crippen molar-refractivity contribution in [2.24, 2.45) is 0 Å². The van der Waals surface area contributed by atoms with E-state index in [0.29, 0.717) is 0 Å². The molecule has 132 valence electrons. The third-order valence-corrected chi connectivity index (χ3v) is 3.66. The maximum atomic E-state index is 13.4. The molecule has 0 amide bonds. The molecule has 0 aliphatic carbocycles.